The van der Waals surface area contributed by atoms with Gasteiger partial charge in [-0.2, -0.15) is 0 Å². The summed E-state index contributed by atoms with van der Waals surface area (Å²) in [5.74, 6) is -0.747. The summed E-state index contributed by atoms with van der Waals surface area (Å²) >= 11 is 1.27. The molecule has 2 heterocycles. The number of fused-ring (bicyclic) bond motifs is 1. The zero-order valence-electron chi connectivity index (χ0n) is 11.7. The molecule has 0 fully saturated rings. The number of carbonyl (C=O) groups is 1. The Balaban J connectivity index is 1.73. The van der Waals surface area contributed by atoms with Crippen LogP contribution in [0.25, 0.3) is 5.65 Å². The Labute approximate surface area is 130 Å². The second-order valence-corrected chi connectivity index (χ2v) is 5.95. The van der Waals surface area contributed by atoms with Crippen molar-refractivity contribution in [2.75, 3.05) is 5.32 Å². The Kier molecular flexibility index (Phi) is 4.06. The van der Waals surface area contributed by atoms with Crippen molar-refractivity contribution in [3.8, 4) is 0 Å². The predicted octanol–water partition coefficient (Wildman–Crippen LogP) is 2.99. The van der Waals surface area contributed by atoms with E-state index in [4.69, 9.17) is 0 Å². The molecule has 0 aliphatic rings. The van der Waals surface area contributed by atoms with Gasteiger partial charge in [0.05, 0.1) is 10.9 Å². The van der Waals surface area contributed by atoms with Crippen molar-refractivity contribution < 1.29 is 9.18 Å². The van der Waals surface area contributed by atoms with Crippen molar-refractivity contribution in [1.82, 2.24) is 14.6 Å². The number of rotatable bonds is 4. The summed E-state index contributed by atoms with van der Waals surface area (Å²) in [4.78, 5) is 12.2. The van der Waals surface area contributed by atoms with Gasteiger partial charge in [-0.25, -0.2) is 4.39 Å². The molecule has 0 bridgehead atoms. The van der Waals surface area contributed by atoms with Crippen molar-refractivity contribution in [2.45, 2.75) is 17.3 Å². The number of pyridine rings is 1. The summed E-state index contributed by atoms with van der Waals surface area (Å²) < 4.78 is 15.4. The average molecular weight is 316 g/mol. The van der Waals surface area contributed by atoms with Crippen molar-refractivity contribution in [2.24, 2.45) is 0 Å². The van der Waals surface area contributed by atoms with Crippen LogP contribution in [-0.2, 0) is 4.79 Å². The molecule has 22 heavy (non-hydrogen) atoms. The maximum absolute atomic E-state index is 13.6. The first-order valence-electron chi connectivity index (χ1n) is 6.67. The number of nitrogens with zero attached hydrogens (tertiary/aromatic N) is 3. The summed E-state index contributed by atoms with van der Waals surface area (Å²) in [6.07, 6.45) is 1.83. The number of thioether (sulfide) groups is 1. The fourth-order valence-electron chi connectivity index (χ4n) is 1.91. The van der Waals surface area contributed by atoms with Gasteiger partial charge in [0.2, 0.25) is 5.91 Å². The van der Waals surface area contributed by atoms with E-state index in [1.807, 2.05) is 24.4 Å². The standard InChI is InChI=1S/C15H13FN4OS/c1-10(14(21)17-12-7-3-2-6-11(12)16)22-15-19-18-13-8-4-5-9-20(13)15/h2-10H,1H3,(H,17,21)/t10-/m1/s1. The molecular formula is C15H13FN4OS. The zero-order chi connectivity index (χ0) is 15.5. The fraction of sp³-hybridized carbons (Fsp3) is 0.133. The summed E-state index contributed by atoms with van der Waals surface area (Å²) in [6, 6.07) is 11.6. The minimum atomic E-state index is -0.457. The van der Waals surface area contributed by atoms with E-state index in [0.717, 1.165) is 0 Å². The highest BCUT2D eigenvalue weighted by molar-refractivity contribution is 8.00. The molecule has 3 aromatic rings. The Morgan fingerprint density at radius 1 is 1.23 bits per heavy atom. The first kappa shape index (κ1) is 14.5. The van der Waals surface area contributed by atoms with Gasteiger partial charge in [-0.05, 0) is 31.2 Å². The van der Waals surface area contributed by atoms with E-state index in [1.54, 1.807) is 23.5 Å². The van der Waals surface area contributed by atoms with Gasteiger partial charge in [0.15, 0.2) is 10.8 Å². The number of carbonyl (C=O) groups excluding carboxylic acids is 1. The normalized spacial score (nSPS) is 12.3. The molecule has 5 nitrogen and oxygen atoms in total. The number of amides is 1. The molecule has 7 heteroatoms. The Morgan fingerprint density at radius 3 is 2.82 bits per heavy atom. The summed E-state index contributed by atoms with van der Waals surface area (Å²) in [5, 5.41) is 10.9. The summed E-state index contributed by atoms with van der Waals surface area (Å²) in [6.45, 7) is 1.74. The molecule has 0 saturated heterocycles. The van der Waals surface area contributed by atoms with Crippen LogP contribution in [0.15, 0.2) is 53.8 Å². The lowest BCUT2D eigenvalue weighted by molar-refractivity contribution is -0.115. The minimum absolute atomic E-state index is 0.172. The van der Waals surface area contributed by atoms with Crippen LogP contribution in [0.1, 0.15) is 6.92 Å². The number of hydrogen-bond donors (Lipinski definition) is 1. The van der Waals surface area contributed by atoms with Crippen LogP contribution < -0.4 is 5.32 Å². The smallest absolute Gasteiger partial charge is 0.237 e. The highest BCUT2D eigenvalue weighted by Gasteiger charge is 2.18. The number of hydrogen-bond acceptors (Lipinski definition) is 4. The zero-order valence-corrected chi connectivity index (χ0v) is 12.5. The van der Waals surface area contributed by atoms with Crippen LogP contribution in [0.2, 0.25) is 0 Å². The van der Waals surface area contributed by atoms with Crippen molar-refractivity contribution in [3.05, 3.63) is 54.5 Å². The second-order valence-electron chi connectivity index (χ2n) is 4.64. The SMILES string of the molecule is C[C@@H](Sc1nnc2ccccn12)C(=O)Nc1ccccc1F. The van der Waals surface area contributed by atoms with Gasteiger partial charge in [0.25, 0.3) is 0 Å². The highest BCUT2D eigenvalue weighted by atomic mass is 32.2. The van der Waals surface area contributed by atoms with E-state index in [0.29, 0.717) is 10.8 Å². The quantitative estimate of drug-likeness (QED) is 0.752. The Morgan fingerprint density at radius 2 is 2.00 bits per heavy atom. The topological polar surface area (TPSA) is 59.3 Å². The molecule has 1 atom stereocenters. The molecular weight excluding hydrogens is 303 g/mol. The van der Waals surface area contributed by atoms with Gasteiger partial charge in [0.1, 0.15) is 5.82 Å². The molecule has 0 aliphatic carbocycles. The largest absolute Gasteiger partial charge is 0.323 e. The van der Waals surface area contributed by atoms with E-state index in [-0.39, 0.29) is 11.6 Å². The lowest BCUT2D eigenvalue weighted by atomic mass is 10.3. The van der Waals surface area contributed by atoms with Gasteiger partial charge >= 0.3 is 0 Å². The molecule has 1 amide bonds. The number of aromatic nitrogens is 3. The minimum Gasteiger partial charge on any atom is -0.323 e. The molecule has 2 aromatic heterocycles. The Hall–Kier alpha value is -2.41. The molecule has 112 valence electrons. The van der Waals surface area contributed by atoms with Crippen molar-refractivity contribution >= 4 is 29.0 Å². The van der Waals surface area contributed by atoms with E-state index in [9.17, 15) is 9.18 Å². The van der Waals surface area contributed by atoms with Crippen LogP contribution in [0.3, 0.4) is 0 Å². The molecule has 0 radical (unpaired) electrons. The molecule has 0 aliphatic heterocycles. The van der Waals surface area contributed by atoms with E-state index in [1.165, 1.54) is 23.9 Å². The number of benzene rings is 1. The lowest BCUT2D eigenvalue weighted by Gasteiger charge is -2.11. The van der Waals surface area contributed by atoms with Crippen LogP contribution >= 0.6 is 11.8 Å². The molecule has 1 aromatic carbocycles. The number of para-hydroxylation sites is 1. The predicted molar refractivity (Wildman–Crippen MR) is 83.3 cm³/mol. The van der Waals surface area contributed by atoms with E-state index < -0.39 is 11.1 Å². The van der Waals surface area contributed by atoms with Crippen LogP contribution in [0.5, 0.6) is 0 Å². The molecule has 0 spiro atoms. The maximum Gasteiger partial charge on any atom is 0.237 e. The fourth-order valence-corrected chi connectivity index (χ4v) is 2.75. The summed E-state index contributed by atoms with van der Waals surface area (Å²) in [7, 11) is 0. The first-order chi connectivity index (χ1) is 10.6. The van der Waals surface area contributed by atoms with E-state index >= 15 is 0 Å². The monoisotopic (exact) mass is 316 g/mol. The molecule has 0 saturated carbocycles. The Bertz CT molecular complexity index is 820. The van der Waals surface area contributed by atoms with Gasteiger partial charge in [-0.3, -0.25) is 9.20 Å². The van der Waals surface area contributed by atoms with Crippen molar-refractivity contribution in [3.63, 3.8) is 0 Å². The number of anilines is 1. The van der Waals surface area contributed by atoms with Crippen LogP contribution in [0, 0.1) is 5.82 Å². The third-order valence-electron chi connectivity index (χ3n) is 3.07. The maximum atomic E-state index is 13.6. The molecule has 0 unspecified atom stereocenters. The third-order valence-corrected chi connectivity index (χ3v) is 4.12. The number of nitrogens with one attached hydrogen (secondary N) is 1. The highest BCUT2D eigenvalue weighted by Crippen LogP contribution is 2.23. The van der Waals surface area contributed by atoms with Crippen LogP contribution in [-0.4, -0.2) is 25.8 Å². The summed E-state index contributed by atoms with van der Waals surface area (Å²) in [5.41, 5.74) is 0.887. The van der Waals surface area contributed by atoms with Crippen LogP contribution in [0.4, 0.5) is 10.1 Å². The third kappa shape index (κ3) is 2.94. The molecule has 3 rings (SSSR count). The molecule has 1 N–H and O–H groups in total. The van der Waals surface area contributed by atoms with E-state index in [2.05, 4.69) is 15.5 Å². The first-order valence-corrected chi connectivity index (χ1v) is 7.55. The van der Waals surface area contributed by atoms with Crippen molar-refractivity contribution in [1.29, 1.82) is 0 Å². The number of halogens is 1. The van der Waals surface area contributed by atoms with Gasteiger partial charge in [0, 0.05) is 6.20 Å². The van der Waals surface area contributed by atoms with Gasteiger partial charge in [-0.15, -0.1) is 10.2 Å². The van der Waals surface area contributed by atoms with Gasteiger partial charge < -0.3 is 5.32 Å². The average Bonchev–Trinajstić information content (AvgIpc) is 2.93. The van der Waals surface area contributed by atoms with Gasteiger partial charge in [-0.1, -0.05) is 30.0 Å². The second kappa shape index (κ2) is 6.15. The lowest BCUT2D eigenvalue weighted by Crippen LogP contribution is -2.23.